The minimum Gasteiger partial charge on any atom is -0.493 e. The number of halogens is 2. The number of rotatable bonds is 5. The molecule has 132 valence electrons. The Balaban J connectivity index is 1.79. The zero-order valence-corrected chi connectivity index (χ0v) is 16.3. The number of nitrogens with zero attached hydrogens (tertiary/aromatic N) is 1. The lowest BCUT2D eigenvalue weighted by Gasteiger charge is -2.21. The monoisotopic (exact) mass is 423 g/mol. The van der Waals surface area contributed by atoms with Gasteiger partial charge in [0.2, 0.25) is 0 Å². The van der Waals surface area contributed by atoms with Crippen LogP contribution in [0.5, 0.6) is 11.5 Å². The lowest BCUT2D eigenvalue weighted by atomic mass is 10.2. The van der Waals surface area contributed by atoms with Gasteiger partial charge in [-0.2, -0.15) is 0 Å². The number of thiocarbonyl (C=S) groups is 1. The van der Waals surface area contributed by atoms with Crippen LogP contribution in [0.3, 0.4) is 0 Å². The second-order valence-electron chi connectivity index (χ2n) is 5.90. The number of benzene rings is 2. The standard InChI is InChI=1S/C19H19BrFNO2S/c1-23-17-10-15(19(25)22-8-2-3-9-22)16(20)11-18(17)24-12-13-4-6-14(21)7-5-13/h4-7,10-11H,2-3,8-9,12H2,1H3. The van der Waals surface area contributed by atoms with Gasteiger partial charge in [-0.05, 0) is 58.6 Å². The molecule has 2 aromatic carbocycles. The fourth-order valence-electron chi connectivity index (χ4n) is 2.80. The van der Waals surface area contributed by atoms with Crippen LogP contribution in [-0.4, -0.2) is 30.1 Å². The van der Waals surface area contributed by atoms with E-state index in [-0.39, 0.29) is 5.82 Å². The third-order valence-corrected chi connectivity index (χ3v) is 5.32. The maximum Gasteiger partial charge on any atom is 0.162 e. The van der Waals surface area contributed by atoms with E-state index in [1.165, 1.54) is 25.0 Å². The Morgan fingerprint density at radius 3 is 2.48 bits per heavy atom. The highest BCUT2D eigenvalue weighted by Gasteiger charge is 2.20. The summed E-state index contributed by atoms with van der Waals surface area (Å²) in [5, 5.41) is 0. The molecule has 1 aliphatic heterocycles. The van der Waals surface area contributed by atoms with Crippen molar-refractivity contribution in [1.29, 1.82) is 0 Å². The van der Waals surface area contributed by atoms with E-state index < -0.39 is 0 Å². The summed E-state index contributed by atoms with van der Waals surface area (Å²) >= 11 is 9.23. The molecule has 3 nitrogen and oxygen atoms in total. The van der Waals surface area contributed by atoms with Gasteiger partial charge in [0.1, 0.15) is 17.4 Å². The van der Waals surface area contributed by atoms with Crippen molar-refractivity contribution in [2.45, 2.75) is 19.4 Å². The third kappa shape index (κ3) is 4.30. The largest absolute Gasteiger partial charge is 0.493 e. The van der Waals surface area contributed by atoms with E-state index in [9.17, 15) is 4.39 Å². The average molecular weight is 424 g/mol. The first-order valence-electron chi connectivity index (χ1n) is 8.12. The van der Waals surface area contributed by atoms with Crippen LogP contribution in [0.25, 0.3) is 0 Å². The first-order valence-corrected chi connectivity index (χ1v) is 9.32. The molecule has 0 atom stereocenters. The summed E-state index contributed by atoms with van der Waals surface area (Å²) in [6, 6.07) is 10.0. The molecule has 0 bridgehead atoms. The van der Waals surface area contributed by atoms with Gasteiger partial charge in [0, 0.05) is 23.1 Å². The zero-order chi connectivity index (χ0) is 17.8. The predicted molar refractivity (Wildman–Crippen MR) is 104 cm³/mol. The Morgan fingerprint density at radius 2 is 1.84 bits per heavy atom. The van der Waals surface area contributed by atoms with Gasteiger partial charge >= 0.3 is 0 Å². The molecule has 1 aliphatic rings. The fraction of sp³-hybridized carbons (Fsp3) is 0.316. The molecule has 0 amide bonds. The van der Waals surface area contributed by atoms with Crippen molar-refractivity contribution in [3.8, 4) is 11.5 Å². The molecule has 1 heterocycles. The molecule has 6 heteroatoms. The summed E-state index contributed by atoms with van der Waals surface area (Å²) in [5.41, 5.74) is 1.82. The maximum absolute atomic E-state index is 13.0. The van der Waals surface area contributed by atoms with Gasteiger partial charge in [-0.1, -0.05) is 24.4 Å². The first-order chi connectivity index (χ1) is 12.1. The molecule has 3 rings (SSSR count). The summed E-state index contributed by atoms with van der Waals surface area (Å²) in [6.07, 6.45) is 2.35. The summed E-state index contributed by atoms with van der Waals surface area (Å²) in [6.45, 7) is 2.33. The van der Waals surface area contributed by atoms with E-state index in [0.29, 0.717) is 18.1 Å². The summed E-state index contributed by atoms with van der Waals surface area (Å²) in [7, 11) is 1.61. The average Bonchev–Trinajstić information content (AvgIpc) is 3.15. The molecular weight excluding hydrogens is 405 g/mol. The van der Waals surface area contributed by atoms with Gasteiger partial charge in [-0.25, -0.2) is 4.39 Å². The molecular formula is C19H19BrFNO2S. The number of methoxy groups -OCH3 is 1. The van der Waals surface area contributed by atoms with Crippen LogP contribution in [0.4, 0.5) is 4.39 Å². The topological polar surface area (TPSA) is 21.7 Å². The minimum atomic E-state index is -0.260. The van der Waals surface area contributed by atoms with E-state index in [0.717, 1.165) is 33.7 Å². The summed E-state index contributed by atoms with van der Waals surface area (Å²) < 4.78 is 25.2. The van der Waals surface area contributed by atoms with Crippen molar-refractivity contribution < 1.29 is 13.9 Å². The van der Waals surface area contributed by atoms with Crippen molar-refractivity contribution >= 4 is 33.1 Å². The molecule has 0 radical (unpaired) electrons. The summed E-state index contributed by atoms with van der Waals surface area (Å²) in [4.78, 5) is 3.04. The predicted octanol–water partition coefficient (Wildman–Crippen LogP) is 4.95. The van der Waals surface area contributed by atoms with Crippen LogP contribution >= 0.6 is 28.1 Å². The van der Waals surface area contributed by atoms with E-state index >= 15 is 0 Å². The van der Waals surface area contributed by atoms with E-state index in [1.807, 2.05) is 12.1 Å². The van der Waals surface area contributed by atoms with Crippen LogP contribution in [-0.2, 0) is 6.61 Å². The van der Waals surface area contributed by atoms with Gasteiger partial charge in [-0.15, -0.1) is 0 Å². The highest BCUT2D eigenvalue weighted by Crippen LogP contribution is 2.35. The SMILES string of the molecule is COc1cc(C(=S)N2CCCC2)c(Br)cc1OCc1ccc(F)cc1. The number of hydrogen-bond donors (Lipinski definition) is 0. The van der Waals surface area contributed by atoms with Crippen LogP contribution in [0, 0.1) is 5.82 Å². The number of ether oxygens (including phenoxy) is 2. The molecule has 1 saturated heterocycles. The highest BCUT2D eigenvalue weighted by molar-refractivity contribution is 9.10. The molecule has 0 saturated carbocycles. The second-order valence-corrected chi connectivity index (χ2v) is 7.14. The van der Waals surface area contributed by atoms with Gasteiger partial charge < -0.3 is 14.4 Å². The van der Waals surface area contributed by atoms with Crippen molar-refractivity contribution in [2.75, 3.05) is 20.2 Å². The lowest BCUT2D eigenvalue weighted by molar-refractivity contribution is 0.284. The lowest BCUT2D eigenvalue weighted by Crippen LogP contribution is -2.27. The van der Waals surface area contributed by atoms with E-state index in [1.54, 1.807) is 19.2 Å². The minimum absolute atomic E-state index is 0.260. The smallest absolute Gasteiger partial charge is 0.162 e. The van der Waals surface area contributed by atoms with E-state index in [4.69, 9.17) is 21.7 Å². The van der Waals surface area contributed by atoms with Gasteiger partial charge in [0.15, 0.2) is 11.5 Å². The fourth-order valence-corrected chi connectivity index (χ4v) is 3.80. The Labute approximate surface area is 160 Å². The Morgan fingerprint density at radius 1 is 1.16 bits per heavy atom. The van der Waals surface area contributed by atoms with Gasteiger partial charge in [-0.3, -0.25) is 0 Å². The van der Waals surface area contributed by atoms with Crippen molar-refractivity contribution in [1.82, 2.24) is 4.90 Å². The Kier molecular flexibility index (Phi) is 5.91. The second kappa shape index (κ2) is 8.15. The normalized spacial score (nSPS) is 13.8. The quantitative estimate of drug-likeness (QED) is 0.634. The molecule has 2 aromatic rings. The first kappa shape index (κ1) is 18.1. The Hall–Kier alpha value is -1.66. The van der Waals surface area contributed by atoms with Crippen LogP contribution in [0.15, 0.2) is 40.9 Å². The Bertz CT molecular complexity index is 761. The molecule has 0 unspecified atom stereocenters. The van der Waals surface area contributed by atoms with Crippen LogP contribution in [0.2, 0.25) is 0 Å². The van der Waals surface area contributed by atoms with Crippen LogP contribution < -0.4 is 9.47 Å². The van der Waals surface area contributed by atoms with Crippen molar-refractivity contribution in [3.63, 3.8) is 0 Å². The van der Waals surface area contributed by atoms with Crippen molar-refractivity contribution in [3.05, 3.63) is 57.8 Å². The summed E-state index contributed by atoms with van der Waals surface area (Å²) in [5.74, 6) is 0.984. The van der Waals surface area contributed by atoms with Gasteiger partial charge in [0.05, 0.1) is 7.11 Å². The molecule has 0 N–H and O–H groups in total. The molecule has 0 spiro atoms. The number of likely N-dealkylation sites (tertiary alicyclic amines) is 1. The molecule has 0 aromatic heterocycles. The van der Waals surface area contributed by atoms with E-state index in [2.05, 4.69) is 20.8 Å². The molecule has 0 aliphatic carbocycles. The number of hydrogen-bond acceptors (Lipinski definition) is 3. The highest BCUT2D eigenvalue weighted by atomic mass is 79.9. The van der Waals surface area contributed by atoms with Crippen LogP contribution in [0.1, 0.15) is 24.0 Å². The maximum atomic E-state index is 13.0. The van der Waals surface area contributed by atoms with Gasteiger partial charge in [0.25, 0.3) is 0 Å². The van der Waals surface area contributed by atoms with Crippen molar-refractivity contribution in [2.24, 2.45) is 0 Å². The zero-order valence-electron chi connectivity index (χ0n) is 13.9. The molecule has 25 heavy (non-hydrogen) atoms. The molecule has 1 fully saturated rings. The third-order valence-electron chi connectivity index (χ3n) is 4.18.